The first-order valence-corrected chi connectivity index (χ1v) is 6.42. The molecule has 0 aromatic carbocycles. The van der Waals surface area contributed by atoms with Crippen LogP contribution in [0.15, 0.2) is 0 Å². The third-order valence-corrected chi connectivity index (χ3v) is 3.75. The van der Waals surface area contributed by atoms with E-state index in [2.05, 4.69) is 13.8 Å². The summed E-state index contributed by atoms with van der Waals surface area (Å²) < 4.78 is 0. The molecule has 1 saturated heterocycles. The zero-order chi connectivity index (χ0) is 13.0. The highest BCUT2D eigenvalue weighted by molar-refractivity contribution is 5.79. The topological polar surface area (TPSA) is 57.6 Å². The first kappa shape index (κ1) is 14.0. The quantitative estimate of drug-likeness (QED) is 0.800. The molecule has 1 aliphatic rings. The van der Waals surface area contributed by atoms with Crippen LogP contribution in [0, 0.1) is 17.8 Å². The van der Waals surface area contributed by atoms with Crippen molar-refractivity contribution < 1.29 is 14.7 Å². The second-order valence-electron chi connectivity index (χ2n) is 5.40. The fourth-order valence-corrected chi connectivity index (χ4v) is 2.17. The molecule has 0 aliphatic carbocycles. The highest BCUT2D eigenvalue weighted by Gasteiger charge is 2.29. The summed E-state index contributed by atoms with van der Waals surface area (Å²) in [5.74, 6) is 0.270. The van der Waals surface area contributed by atoms with E-state index in [4.69, 9.17) is 5.11 Å². The van der Waals surface area contributed by atoms with E-state index in [0.29, 0.717) is 18.3 Å². The molecule has 17 heavy (non-hydrogen) atoms. The van der Waals surface area contributed by atoms with Crippen molar-refractivity contribution in [1.82, 2.24) is 4.90 Å². The summed E-state index contributed by atoms with van der Waals surface area (Å²) in [4.78, 5) is 24.5. The van der Waals surface area contributed by atoms with Crippen LogP contribution in [0.25, 0.3) is 0 Å². The van der Waals surface area contributed by atoms with Crippen molar-refractivity contribution in [3.63, 3.8) is 0 Å². The zero-order valence-corrected chi connectivity index (χ0v) is 11.0. The molecule has 4 heteroatoms. The van der Waals surface area contributed by atoms with Crippen LogP contribution in [0.3, 0.4) is 0 Å². The molecule has 2 atom stereocenters. The molecule has 1 heterocycles. The minimum Gasteiger partial charge on any atom is -0.481 e. The number of carbonyl (C=O) groups excluding carboxylic acids is 1. The highest BCUT2D eigenvalue weighted by Crippen LogP contribution is 2.24. The Bertz CT molecular complexity index is 288. The van der Waals surface area contributed by atoms with Gasteiger partial charge in [-0.1, -0.05) is 20.8 Å². The number of aliphatic carboxylic acids is 1. The number of likely N-dealkylation sites (tertiary alicyclic amines) is 1. The summed E-state index contributed by atoms with van der Waals surface area (Å²) in [6.07, 6.45) is 1.85. The van der Waals surface area contributed by atoms with E-state index in [1.807, 2.05) is 11.8 Å². The van der Waals surface area contributed by atoms with Crippen molar-refractivity contribution in [2.24, 2.45) is 17.8 Å². The predicted octanol–water partition coefficient (Wildman–Crippen LogP) is 1.99. The minimum absolute atomic E-state index is 0.0632. The van der Waals surface area contributed by atoms with Crippen LogP contribution >= 0.6 is 0 Å². The van der Waals surface area contributed by atoms with Crippen LogP contribution in [0.1, 0.15) is 40.0 Å². The average Bonchev–Trinajstić information content (AvgIpc) is 2.72. The van der Waals surface area contributed by atoms with E-state index < -0.39 is 5.97 Å². The molecule has 1 N–H and O–H groups in total. The van der Waals surface area contributed by atoms with Gasteiger partial charge in [0.2, 0.25) is 5.91 Å². The number of nitrogens with zero attached hydrogens (tertiary/aromatic N) is 1. The number of amides is 1. The summed E-state index contributed by atoms with van der Waals surface area (Å²) in [6.45, 7) is 7.61. The van der Waals surface area contributed by atoms with Gasteiger partial charge >= 0.3 is 5.97 Å². The molecule has 0 bridgehead atoms. The van der Waals surface area contributed by atoms with Crippen LogP contribution in [-0.4, -0.2) is 35.0 Å². The lowest BCUT2D eigenvalue weighted by molar-refractivity contribution is -0.137. The Morgan fingerprint density at radius 2 is 2.00 bits per heavy atom. The summed E-state index contributed by atoms with van der Waals surface area (Å²) in [7, 11) is 0. The standard InChI is InChI=1S/C13H23NO3/c1-9(2)10(3)13(17)14-7-6-11(8-14)4-5-12(15)16/h9-11H,4-8H2,1-3H3,(H,15,16). The molecule has 0 radical (unpaired) electrons. The summed E-state index contributed by atoms with van der Waals surface area (Å²) in [5, 5.41) is 8.63. The average molecular weight is 241 g/mol. The number of carboxylic acids is 1. The van der Waals surface area contributed by atoms with Crippen LogP contribution in [0.4, 0.5) is 0 Å². The molecule has 0 saturated carbocycles. The molecule has 0 aromatic rings. The van der Waals surface area contributed by atoms with E-state index in [0.717, 1.165) is 19.5 Å². The van der Waals surface area contributed by atoms with E-state index in [-0.39, 0.29) is 18.2 Å². The van der Waals surface area contributed by atoms with Gasteiger partial charge < -0.3 is 10.0 Å². The van der Waals surface area contributed by atoms with Crippen molar-refractivity contribution in [1.29, 1.82) is 0 Å². The summed E-state index contributed by atoms with van der Waals surface area (Å²) in [5.41, 5.74) is 0. The molecule has 4 nitrogen and oxygen atoms in total. The van der Waals surface area contributed by atoms with E-state index in [1.54, 1.807) is 0 Å². The van der Waals surface area contributed by atoms with Crippen LogP contribution < -0.4 is 0 Å². The monoisotopic (exact) mass is 241 g/mol. The van der Waals surface area contributed by atoms with E-state index >= 15 is 0 Å². The zero-order valence-electron chi connectivity index (χ0n) is 11.0. The number of hydrogen-bond acceptors (Lipinski definition) is 2. The smallest absolute Gasteiger partial charge is 0.303 e. The summed E-state index contributed by atoms with van der Waals surface area (Å²) >= 11 is 0. The predicted molar refractivity (Wildman–Crippen MR) is 65.6 cm³/mol. The number of carbonyl (C=O) groups is 2. The van der Waals surface area contributed by atoms with Gasteiger partial charge in [-0.05, 0) is 24.7 Å². The maximum Gasteiger partial charge on any atom is 0.303 e. The Balaban J connectivity index is 2.39. The van der Waals surface area contributed by atoms with Gasteiger partial charge in [0.25, 0.3) is 0 Å². The maximum absolute atomic E-state index is 12.1. The third kappa shape index (κ3) is 4.02. The fourth-order valence-electron chi connectivity index (χ4n) is 2.17. The largest absolute Gasteiger partial charge is 0.481 e. The Labute approximate surface area is 103 Å². The molecule has 0 aromatic heterocycles. The first-order valence-electron chi connectivity index (χ1n) is 6.42. The van der Waals surface area contributed by atoms with Crippen molar-refractivity contribution >= 4 is 11.9 Å². The van der Waals surface area contributed by atoms with Crippen LogP contribution in [0.2, 0.25) is 0 Å². The van der Waals surface area contributed by atoms with Gasteiger partial charge in [0.15, 0.2) is 0 Å². The van der Waals surface area contributed by atoms with Crippen molar-refractivity contribution in [2.75, 3.05) is 13.1 Å². The molecule has 0 spiro atoms. The SMILES string of the molecule is CC(C)C(C)C(=O)N1CCC(CCC(=O)O)C1. The number of carboxylic acid groups (broad SMARTS) is 1. The van der Waals surface area contributed by atoms with E-state index in [1.165, 1.54) is 0 Å². The highest BCUT2D eigenvalue weighted by atomic mass is 16.4. The lowest BCUT2D eigenvalue weighted by Gasteiger charge is -2.23. The Morgan fingerprint density at radius 1 is 1.35 bits per heavy atom. The first-order chi connectivity index (χ1) is 7.91. The molecule has 1 aliphatic heterocycles. The van der Waals surface area contributed by atoms with Gasteiger partial charge in [0.05, 0.1) is 0 Å². The van der Waals surface area contributed by atoms with Gasteiger partial charge in [-0.2, -0.15) is 0 Å². The molecular formula is C13H23NO3. The van der Waals surface area contributed by atoms with Gasteiger partial charge in [-0.15, -0.1) is 0 Å². The normalized spacial score (nSPS) is 21.9. The second-order valence-corrected chi connectivity index (χ2v) is 5.40. The van der Waals surface area contributed by atoms with E-state index in [9.17, 15) is 9.59 Å². The van der Waals surface area contributed by atoms with Gasteiger partial charge in [-0.25, -0.2) is 0 Å². The van der Waals surface area contributed by atoms with Crippen LogP contribution in [0.5, 0.6) is 0 Å². The molecule has 1 rings (SSSR count). The second kappa shape index (κ2) is 6.03. The Hall–Kier alpha value is -1.06. The minimum atomic E-state index is -0.745. The number of hydrogen-bond donors (Lipinski definition) is 1. The lowest BCUT2D eigenvalue weighted by atomic mass is 9.96. The molecular weight excluding hydrogens is 218 g/mol. The fraction of sp³-hybridized carbons (Fsp3) is 0.846. The van der Waals surface area contributed by atoms with Crippen LogP contribution in [-0.2, 0) is 9.59 Å². The van der Waals surface area contributed by atoms with Gasteiger partial charge in [0, 0.05) is 25.4 Å². The van der Waals surface area contributed by atoms with Crippen molar-refractivity contribution in [3.05, 3.63) is 0 Å². The summed E-state index contributed by atoms with van der Waals surface area (Å²) in [6, 6.07) is 0. The maximum atomic E-state index is 12.1. The van der Waals surface area contributed by atoms with Crippen molar-refractivity contribution in [2.45, 2.75) is 40.0 Å². The number of rotatable bonds is 5. The third-order valence-electron chi connectivity index (χ3n) is 3.75. The van der Waals surface area contributed by atoms with Gasteiger partial charge in [0.1, 0.15) is 0 Å². The molecule has 1 amide bonds. The Kier molecular flexibility index (Phi) is 4.97. The molecule has 1 fully saturated rings. The van der Waals surface area contributed by atoms with Gasteiger partial charge in [-0.3, -0.25) is 9.59 Å². The van der Waals surface area contributed by atoms with Crippen molar-refractivity contribution in [3.8, 4) is 0 Å². The molecule has 2 unspecified atom stereocenters. The lowest BCUT2D eigenvalue weighted by Crippen LogP contribution is -2.35. The Morgan fingerprint density at radius 3 is 2.53 bits per heavy atom. The molecule has 98 valence electrons.